The largest absolute Gasteiger partial charge is 0.331 e. The van der Waals surface area contributed by atoms with Crippen molar-refractivity contribution < 1.29 is 9.59 Å². The highest BCUT2D eigenvalue weighted by Gasteiger charge is 2.49. The molecule has 5 fully saturated rings. The lowest BCUT2D eigenvalue weighted by atomic mass is 9.66. The number of hydrogen-bond acceptors (Lipinski definition) is 5. The van der Waals surface area contributed by atoms with Gasteiger partial charge in [0.1, 0.15) is 5.54 Å². The number of nitrogens with one attached hydrogen (secondary N) is 1. The number of anilines is 1. The van der Waals surface area contributed by atoms with Gasteiger partial charge in [-0.2, -0.15) is 0 Å². The predicted octanol–water partition coefficient (Wildman–Crippen LogP) is 5.50. The van der Waals surface area contributed by atoms with Crippen molar-refractivity contribution >= 4 is 28.8 Å². The van der Waals surface area contributed by atoms with E-state index in [9.17, 15) is 14.4 Å². The SMILES string of the molecule is C[C@@H]1C[C@H](C)[C@H]2C[C@@H](n3c(=O)c(N4C(=O)NC(C)(C)C4=O)nc4ccccc43)C[C@@H]1N2C[C@H]1C[C@@H]2CCC[C@@H](C2)C1. The Morgan fingerprint density at radius 2 is 1.56 bits per heavy atom. The van der Waals surface area contributed by atoms with E-state index in [-0.39, 0.29) is 17.4 Å². The van der Waals surface area contributed by atoms with Crippen LogP contribution in [0.15, 0.2) is 29.1 Å². The molecule has 7 rings (SSSR count). The fraction of sp³-hybridized carbons (Fsp3) is 0.697. The van der Waals surface area contributed by atoms with Crippen LogP contribution in [-0.4, -0.2) is 50.6 Å². The second-order valence-corrected chi connectivity index (χ2v) is 14.7. The standard InChI is InChI=1S/C33H45N5O3/c1-19-12-20(2)28-17-24(16-27(19)36(28)18-23-14-21-8-7-9-22(13-21)15-23)37-26-11-6-5-10-25(26)34-29(30(37)39)38-31(40)33(3,4)35-32(38)41/h5-6,10-11,19-24,27-28H,7-9,12-18H2,1-4H3,(H,35,41)/t19-,20+,21-,22+,23+,24+,27+,28-. The Hall–Kier alpha value is -2.74. The van der Waals surface area contributed by atoms with Crippen LogP contribution in [0, 0.1) is 29.6 Å². The topological polar surface area (TPSA) is 87.5 Å². The predicted molar refractivity (Wildman–Crippen MR) is 160 cm³/mol. The highest BCUT2D eigenvalue weighted by Crippen LogP contribution is 2.48. The van der Waals surface area contributed by atoms with Gasteiger partial charge >= 0.3 is 6.03 Å². The number of piperidine rings is 2. The van der Waals surface area contributed by atoms with Gasteiger partial charge in [-0.1, -0.05) is 45.2 Å². The summed E-state index contributed by atoms with van der Waals surface area (Å²) >= 11 is 0. The van der Waals surface area contributed by atoms with Crippen molar-refractivity contribution in [3.05, 3.63) is 34.6 Å². The summed E-state index contributed by atoms with van der Waals surface area (Å²) in [4.78, 5) is 48.8. The van der Waals surface area contributed by atoms with Crippen molar-refractivity contribution in [3.8, 4) is 0 Å². The maximum atomic E-state index is 14.3. The van der Waals surface area contributed by atoms with Crippen molar-refractivity contribution in [3.63, 3.8) is 0 Å². The molecule has 1 aromatic heterocycles. The Morgan fingerprint density at radius 3 is 2.20 bits per heavy atom. The van der Waals surface area contributed by atoms with Crippen molar-refractivity contribution in [2.75, 3.05) is 11.4 Å². The summed E-state index contributed by atoms with van der Waals surface area (Å²) in [5.74, 6) is 3.23. The zero-order valence-corrected chi connectivity index (χ0v) is 25.0. The number of fused-ring (bicyclic) bond motifs is 5. The molecule has 4 heterocycles. The van der Waals surface area contributed by atoms with Gasteiger partial charge in [0.15, 0.2) is 0 Å². The van der Waals surface area contributed by atoms with Crippen molar-refractivity contribution in [2.24, 2.45) is 29.6 Å². The number of aromatic nitrogens is 2. The molecule has 2 saturated carbocycles. The highest BCUT2D eigenvalue weighted by molar-refractivity contribution is 6.22. The molecule has 220 valence electrons. The van der Waals surface area contributed by atoms with Gasteiger partial charge in [-0.3, -0.25) is 14.5 Å². The second kappa shape index (κ2) is 9.92. The Labute approximate surface area is 242 Å². The molecule has 2 aromatic rings. The highest BCUT2D eigenvalue weighted by atomic mass is 16.2. The second-order valence-electron chi connectivity index (χ2n) is 14.7. The van der Waals surface area contributed by atoms with E-state index in [0.717, 1.165) is 41.0 Å². The van der Waals surface area contributed by atoms with Gasteiger partial charge in [0, 0.05) is 24.7 Å². The summed E-state index contributed by atoms with van der Waals surface area (Å²) < 4.78 is 1.89. The Kier molecular flexibility index (Phi) is 6.56. The first-order valence-electron chi connectivity index (χ1n) is 16.0. The molecule has 8 heteroatoms. The third-order valence-corrected chi connectivity index (χ3v) is 11.3. The van der Waals surface area contributed by atoms with E-state index < -0.39 is 17.5 Å². The molecule has 0 spiro atoms. The van der Waals surface area contributed by atoms with Crippen molar-refractivity contribution in [2.45, 2.75) is 109 Å². The van der Waals surface area contributed by atoms with E-state index in [1.54, 1.807) is 13.8 Å². The average molecular weight is 560 g/mol. The molecular weight excluding hydrogens is 514 g/mol. The fourth-order valence-electron chi connectivity index (χ4n) is 9.58. The third kappa shape index (κ3) is 4.52. The van der Waals surface area contributed by atoms with Crippen LogP contribution < -0.4 is 15.8 Å². The van der Waals surface area contributed by atoms with Gasteiger partial charge in [0.2, 0.25) is 5.82 Å². The first kappa shape index (κ1) is 27.1. The Bertz CT molecular complexity index is 1400. The monoisotopic (exact) mass is 559 g/mol. The van der Waals surface area contributed by atoms with Gasteiger partial charge in [0.25, 0.3) is 11.5 Å². The zero-order valence-electron chi connectivity index (χ0n) is 25.0. The summed E-state index contributed by atoms with van der Waals surface area (Å²) in [6.45, 7) is 9.31. The molecule has 41 heavy (non-hydrogen) atoms. The van der Waals surface area contributed by atoms with Gasteiger partial charge < -0.3 is 9.88 Å². The van der Waals surface area contributed by atoms with E-state index in [1.165, 1.54) is 51.5 Å². The van der Waals surface area contributed by atoms with E-state index >= 15 is 0 Å². The first-order chi connectivity index (χ1) is 19.6. The van der Waals surface area contributed by atoms with Gasteiger partial charge in [0.05, 0.1) is 11.0 Å². The van der Waals surface area contributed by atoms with Gasteiger partial charge in [-0.05, 0) is 94.1 Å². The number of amides is 3. The molecule has 2 aliphatic carbocycles. The number of imide groups is 1. The van der Waals surface area contributed by atoms with E-state index in [2.05, 4.69) is 29.0 Å². The van der Waals surface area contributed by atoms with E-state index in [0.29, 0.717) is 29.4 Å². The molecule has 8 nitrogen and oxygen atoms in total. The molecule has 1 aromatic carbocycles. The maximum absolute atomic E-state index is 14.3. The summed E-state index contributed by atoms with van der Waals surface area (Å²) in [7, 11) is 0. The average Bonchev–Trinajstić information content (AvgIpc) is 3.13. The van der Waals surface area contributed by atoms with Crippen LogP contribution >= 0.6 is 0 Å². The lowest BCUT2D eigenvalue weighted by Crippen LogP contribution is -2.60. The minimum absolute atomic E-state index is 0.00915. The normalized spacial score (nSPS) is 36.9. The molecule has 4 bridgehead atoms. The lowest BCUT2D eigenvalue weighted by Gasteiger charge is -2.56. The number of nitrogens with zero attached hydrogens (tertiary/aromatic N) is 4. The Balaban J connectivity index is 1.25. The smallest absolute Gasteiger partial charge is 0.323 e. The molecule has 3 saturated heterocycles. The van der Waals surface area contributed by atoms with E-state index in [4.69, 9.17) is 0 Å². The van der Waals surface area contributed by atoms with Crippen LogP contribution in [0.2, 0.25) is 0 Å². The number of urea groups is 1. The summed E-state index contributed by atoms with van der Waals surface area (Å²) in [6.07, 6.45) is 11.5. The van der Waals surface area contributed by atoms with Crippen LogP contribution in [0.3, 0.4) is 0 Å². The van der Waals surface area contributed by atoms with Crippen LogP contribution in [0.5, 0.6) is 0 Å². The molecule has 1 N–H and O–H groups in total. The number of para-hydroxylation sites is 2. The zero-order chi connectivity index (χ0) is 28.6. The molecule has 3 aliphatic heterocycles. The van der Waals surface area contributed by atoms with E-state index in [1.807, 2.05) is 28.8 Å². The maximum Gasteiger partial charge on any atom is 0.331 e. The van der Waals surface area contributed by atoms with Crippen molar-refractivity contribution in [1.82, 2.24) is 19.8 Å². The van der Waals surface area contributed by atoms with Crippen molar-refractivity contribution in [1.29, 1.82) is 0 Å². The summed E-state index contributed by atoms with van der Waals surface area (Å²) in [5, 5.41) is 2.71. The lowest BCUT2D eigenvalue weighted by molar-refractivity contribution is -0.121. The number of carbonyl (C=O) groups excluding carboxylic acids is 2. The quantitative estimate of drug-likeness (QED) is 0.500. The van der Waals surface area contributed by atoms with Crippen LogP contribution in [-0.2, 0) is 4.79 Å². The van der Waals surface area contributed by atoms with Crippen LogP contribution in [0.1, 0.15) is 91.5 Å². The number of hydrogen-bond donors (Lipinski definition) is 1. The minimum atomic E-state index is -1.08. The molecule has 0 unspecified atom stereocenters. The van der Waals surface area contributed by atoms with Gasteiger partial charge in [-0.15, -0.1) is 0 Å². The first-order valence-corrected chi connectivity index (χ1v) is 16.0. The summed E-state index contributed by atoms with van der Waals surface area (Å²) in [5.41, 5.74) is -0.00634. The summed E-state index contributed by atoms with van der Waals surface area (Å²) in [6, 6.07) is 7.92. The molecule has 8 atom stereocenters. The molecule has 3 amide bonds. The number of carbonyl (C=O) groups is 2. The van der Waals surface area contributed by atoms with Crippen LogP contribution in [0.25, 0.3) is 11.0 Å². The third-order valence-electron chi connectivity index (χ3n) is 11.3. The number of benzene rings is 1. The van der Waals surface area contributed by atoms with Crippen LogP contribution in [0.4, 0.5) is 10.6 Å². The Morgan fingerprint density at radius 1 is 0.902 bits per heavy atom. The number of rotatable bonds is 4. The minimum Gasteiger partial charge on any atom is -0.323 e. The fourth-order valence-corrected chi connectivity index (χ4v) is 9.58. The van der Waals surface area contributed by atoms with Gasteiger partial charge in [-0.25, -0.2) is 14.7 Å². The molecule has 0 radical (unpaired) electrons. The molecule has 5 aliphatic rings. The molecular formula is C33H45N5O3.